The molecule has 0 aromatic heterocycles. The molecule has 0 spiro atoms. The minimum absolute atomic E-state index is 0.529. The standard InChI is InChI=1S/C40H56Ge2/c1-25(2)31-21-35(27(5)6)39(36(22-31)28(7)8)41(33-17-13-14-18-33)42(34-19-15-16-20-34)40-37(29(9)10)23-32(26(3)4)24-38(40)30(11)12/h13-17,19,21-30H,18,20H2,1-12H3/b42-41+. The van der Waals surface area contributed by atoms with Crippen LogP contribution < -0.4 is 8.79 Å². The van der Waals surface area contributed by atoms with E-state index in [1.54, 1.807) is 22.3 Å². The molecule has 224 valence electrons. The predicted octanol–water partition coefficient (Wildman–Crippen LogP) is 10.5. The second-order valence-corrected chi connectivity index (χ2v) is 33.3. The van der Waals surface area contributed by atoms with E-state index in [0.29, 0.717) is 35.5 Å². The average molecular weight is 682 g/mol. The van der Waals surface area contributed by atoms with Gasteiger partial charge in [0, 0.05) is 0 Å². The molecule has 4 rings (SSSR count). The molecule has 0 radical (unpaired) electrons. The third-order valence-electron chi connectivity index (χ3n) is 9.20. The van der Waals surface area contributed by atoms with Gasteiger partial charge in [-0.3, -0.25) is 0 Å². The monoisotopic (exact) mass is 684 g/mol. The van der Waals surface area contributed by atoms with Crippen LogP contribution in [0.5, 0.6) is 0 Å². The van der Waals surface area contributed by atoms with Crippen LogP contribution in [-0.2, 0) is 0 Å². The Morgan fingerprint density at radius 3 is 0.905 bits per heavy atom. The number of allylic oxidation sites excluding steroid dienone is 8. The van der Waals surface area contributed by atoms with Gasteiger partial charge in [-0.2, -0.15) is 0 Å². The average Bonchev–Trinajstić information content (AvgIpc) is 3.65. The second-order valence-electron chi connectivity index (χ2n) is 14.5. The maximum absolute atomic E-state index is 2.64. The molecule has 0 heterocycles. The molecule has 2 aromatic carbocycles. The van der Waals surface area contributed by atoms with Crippen molar-refractivity contribution >= 4 is 32.5 Å². The van der Waals surface area contributed by atoms with Gasteiger partial charge in [-0.15, -0.1) is 0 Å². The van der Waals surface area contributed by atoms with E-state index in [0.717, 1.165) is 12.8 Å². The Kier molecular flexibility index (Phi) is 11.2. The molecule has 0 saturated carbocycles. The Morgan fingerprint density at radius 2 is 0.714 bits per heavy atom. The summed E-state index contributed by atoms with van der Waals surface area (Å²) in [7, 11) is 0. The van der Waals surface area contributed by atoms with Gasteiger partial charge >= 0.3 is 267 Å². The zero-order chi connectivity index (χ0) is 30.9. The third kappa shape index (κ3) is 6.91. The Bertz CT molecular complexity index is 1300. The zero-order valence-corrected chi connectivity index (χ0v) is 32.8. The van der Waals surface area contributed by atoms with Crippen LogP contribution in [0.25, 0.3) is 0 Å². The second kappa shape index (κ2) is 14.1. The van der Waals surface area contributed by atoms with Crippen LogP contribution in [-0.4, -0.2) is 23.7 Å². The van der Waals surface area contributed by atoms with Crippen LogP contribution in [0.1, 0.15) is 165 Å². The van der Waals surface area contributed by atoms with Crippen molar-refractivity contribution in [3.05, 3.63) is 103 Å². The fourth-order valence-corrected chi connectivity index (χ4v) is 41.1. The van der Waals surface area contributed by atoms with E-state index in [-0.39, 0.29) is 0 Å². The Hall–Kier alpha value is -1.51. The molecular formula is C40H56Ge2. The van der Waals surface area contributed by atoms with Crippen molar-refractivity contribution in [3.63, 3.8) is 0 Å². The van der Waals surface area contributed by atoms with Crippen molar-refractivity contribution in [1.82, 2.24) is 0 Å². The van der Waals surface area contributed by atoms with Crippen molar-refractivity contribution in [3.8, 4) is 0 Å². The maximum atomic E-state index is 2.64. The Balaban J connectivity index is 2.30. The van der Waals surface area contributed by atoms with Crippen LogP contribution in [0, 0.1) is 0 Å². The molecule has 2 heteroatoms. The molecule has 0 atom stereocenters. The van der Waals surface area contributed by atoms with Crippen LogP contribution >= 0.6 is 0 Å². The van der Waals surface area contributed by atoms with Gasteiger partial charge in [0.05, 0.1) is 0 Å². The molecule has 42 heavy (non-hydrogen) atoms. The number of benzene rings is 2. The van der Waals surface area contributed by atoms with Gasteiger partial charge in [0.2, 0.25) is 0 Å². The van der Waals surface area contributed by atoms with Gasteiger partial charge in [-0.1, -0.05) is 0 Å². The first-order valence-electron chi connectivity index (χ1n) is 16.7. The summed E-state index contributed by atoms with van der Waals surface area (Å²) in [4.78, 5) is 0. The first-order valence-corrected chi connectivity index (χ1v) is 27.4. The topological polar surface area (TPSA) is 0 Å². The van der Waals surface area contributed by atoms with E-state index < -0.39 is 23.7 Å². The van der Waals surface area contributed by atoms with E-state index in [4.69, 9.17) is 0 Å². The SMILES string of the molecule is CC(C)c1cc(C(C)C)[c](/[Ge]([C]2=CC=CC2)=[Ge](\[C]2=CC=CC2)[c]2c(C(C)C)cc(C(C)C)cc2C(C)C)c(C(C)C)c1. The molecule has 0 nitrogen and oxygen atoms in total. The number of hydrogen-bond acceptors (Lipinski definition) is 0. The van der Waals surface area contributed by atoms with Gasteiger partial charge in [0.1, 0.15) is 0 Å². The minimum atomic E-state index is -2.02. The summed E-state index contributed by atoms with van der Waals surface area (Å²) in [6.45, 7) is 29.1. The fraction of sp³-hybridized carbons (Fsp3) is 0.500. The summed E-state index contributed by atoms with van der Waals surface area (Å²) >= 11 is -4.04. The van der Waals surface area contributed by atoms with Crippen LogP contribution in [0.2, 0.25) is 0 Å². The van der Waals surface area contributed by atoms with E-state index in [1.807, 2.05) is 17.6 Å². The van der Waals surface area contributed by atoms with Crippen LogP contribution in [0.3, 0.4) is 0 Å². The first kappa shape index (κ1) is 33.4. The van der Waals surface area contributed by atoms with Crippen molar-refractivity contribution in [2.45, 2.75) is 131 Å². The van der Waals surface area contributed by atoms with Crippen molar-refractivity contribution in [1.29, 1.82) is 0 Å². The Morgan fingerprint density at radius 1 is 0.429 bits per heavy atom. The molecule has 2 aliphatic rings. The van der Waals surface area contributed by atoms with Crippen LogP contribution in [0.15, 0.2) is 69.5 Å². The normalized spacial score (nSPS) is 15.8. The molecule has 0 amide bonds. The summed E-state index contributed by atoms with van der Waals surface area (Å²) in [5.41, 5.74) is 9.72. The van der Waals surface area contributed by atoms with Crippen molar-refractivity contribution in [2.24, 2.45) is 0 Å². The van der Waals surface area contributed by atoms with Gasteiger partial charge in [0.15, 0.2) is 0 Å². The summed E-state index contributed by atoms with van der Waals surface area (Å²) in [6.07, 6.45) is 17.1. The van der Waals surface area contributed by atoms with E-state index in [9.17, 15) is 0 Å². The first-order chi connectivity index (χ1) is 19.8. The summed E-state index contributed by atoms with van der Waals surface area (Å²) < 4.78 is 7.33. The Labute approximate surface area is 265 Å². The van der Waals surface area contributed by atoms with Gasteiger partial charge in [0.25, 0.3) is 0 Å². The van der Waals surface area contributed by atoms with Crippen molar-refractivity contribution in [2.75, 3.05) is 0 Å². The quantitative estimate of drug-likeness (QED) is 0.219. The molecule has 0 N–H and O–H groups in total. The van der Waals surface area contributed by atoms with Crippen molar-refractivity contribution < 1.29 is 0 Å². The third-order valence-corrected chi connectivity index (χ3v) is 36.9. The molecule has 2 aromatic rings. The molecule has 2 aliphatic carbocycles. The molecule has 0 saturated heterocycles. The zero-order valence-electron chi connectivity index (χ0n) is 28.7. The number of hydrogen-bond donors (Lipinski definition) is 0. The summed E-state index contributed by atoms with van der Waals surface area (Å²) in [5.74, 6) is 3.21. The van der Waals surface area contributed by atoms with Gasteiger partial charge < -0.3 is 0 Å². The van der Waals surface area contributed by atoms with E-state index in [2.05, 4.69) is 144 Å². The fourth-order valence-electron chi connectivity index (χ4n) is 6.65. The molecule has 0 bridgehead atoms. The van der Waals surface area contributed by atoms with Gasteiger partial charge in [-0.25, -0.2) is 0 Å². The van der Waals surface area contributed by atoms with Gasteiger partial charge in [-0.05, 0) is 0 Å². The summed E-state index contributed by atoms with van der Waals surface area (Å²) in [5, 5.41) is 0. The van der Waals surface area contributed by atoms with E-state index >= 15 is 0 Å². The molecular weight excluding hydrogens is 626 g/mol. The van der Waals surface area contributed by atoms with Crippen LogP contribution in [0.4, 0.5) is 0 Å². The molecule has 0 fully saturated rings. The summed E-state index contributed by atoms with van der Waals surface area (Å²) in [6, 6.07) is 10.5. The van der Waals surface area contributed by atoms with E-state index in [1.165, 1.54) is 11.1 Å². The predicted molar refractivity (Wildman–Crippen MR) is 192 cm³/mol. The molecule has 0 aliphatic heterocycles. The molecule has 0 unspecified atom stereocenters. The number of rotatable bonds is 10.